The lowest BCUT2D eigenvalue weighted by atomic mass is 10.2. The van der Waals surface area contributed by atoms with Gasteiger partial charge in [0.05, 0.1) is 12.6 Å². The maximum atomic E-state index is 11.9. The second-order valence-electron chi connectivity index (χ2n) is 3.61. The van der Waals surface area contributed by atoms with Crippen LogP contribution in [0.1, 0.15) is 26.2 Å². The van der Waals surface area contributed by atoms with Crippen molar-refractivity contribution in [1.29, 1.82) is 0 Å². The van der Waals surface area contributed by atoms with E-state index >= 15 is 0 Å². The first-order valence-electron chi connectivity index (χ1n) is 5.25. The molecule has 0 aromatic carbocycles. The Balaban J connectivity index is 2.49. The molecule has 3 nitrogen and oxygen atoms in total. The molecule has 0 spiro atoms. The molecule has 1 aliphatic rings. The lowest BCUT2D eigenvalue weighted by molar-refractivity contribution is -0.132. The monoisotopic (exact) mass is 194 g/mol. The van der Waals surface area contributed by atoms with E-state index in [4.69, 9.17) is 6.42 Å². The second kappa shape index (κ2) is 5.66. The second-order valence-corrected chi connectivity index (χ2v) is 3.61. The molecule has 1 rings (SSSR count). The fraction of sp³-hybridized carbons (Fsp3) is 0.727. The molecule has 3 heteroatoms. The van der Waals surface area contributed by atoms with Gasteiger partial charge in [-0.3, -0.25) is 4.79 Å². The molecular formula is C11H18N2O. The van der Waals surface area contributed by atoms with E-state index < -0.39 is 0 Å². The molecule has 1 saturated heterocycles. The van der Waals surface area contributed by atoms with Gasteiger partial charge in [0.1, 0.15) is 0 Å². The van der Waals surface area contributed by atoms with Crippen LogP contribution in [-0.2, 0) is 4.79 Å². The van der Waals surface area contributed by atoms with E-state index in [1.165, 1.54) is 0 Å². The van der Waals surface area contributed by atoms with Gasteiger partial charge in [0.15, 0.2) is 0 Å². The molecule has 1 amide bonds. The molecule has 0 saturated carbocycles. The molecule has 1 aliphatic heterocycles. The fourth-order valence-electron chi connectivity index (χ4n) is 1.76. The largest absolute Gasteiger partial charge is 0.330 e. The van der Waals surface area contributed by atoms with E-state index in [1.54, 1.807) is 4.90 Å². The maximum Gasteiger partial charge on any atom is 0.240 e. The minimum absolute atomic E-state index is 0.00917. The highest BCUT2D eigenvalue weighted by Gasteiger charge is 2.25. The van der Waals surface area contributed by atoms with Crippen molar-refractivity contribution in [2.45, 2.75) is 32.2 Å². The minimum Gasteiger partial charge on any atom is -0.330 e. The van der Waals surface area contributed by atoms with Gasteiger partial charge < -0.3 is 10.2 Å². The summed E-state index contributed by atoms with van der Waals surface area (Å²) in [5.41, 5.74) is 0. The Morgan fingerprint density at radius 3 is 3.00 bits per heavy atom. The average molecular weight is 194 g/mol. The molecule has 1 heterocycles. The van der Waals surface area contributed by atoms with Crippen LogP contribution in [-0.4, -0.2) is 36.5 Å². The minimum atomic E-state index is 0.00917. The topological polar surface area (TPSA) is 32.3 Å². The number of nitrogens with zero attached hydrogens (tertiary/aromatic N) is 1. The first-order chi connectivity index (χ1) is 6.79. The molecule has 1 atom stereocenters. The number of terminal acetylenes is 1. The smallest absolute Gasteiger partial charge is 0.240 e. The third-order valence-electron chi connectivity index (χ3n) is 2.45. The summed E-state index contributed by atoms with van der Waals surface area (Å²) in [6, 6.07) is 0.00917. The summed E-state index contributed by atoms with van der Waals surface area (Å²) in [4.78, 5) is 13.7. The predicted octanol–water partition coefficient (Wildman–Crippen LogP) is 0.610. The summed E-state index contributed by atoms with van der Waals surface area (Å²) >= 11 is 0. The number of carbonyl (C=O) groups excluding carboxylic acids is 1. The standard InChI is InChI=1S/C11H18N2O/c1-3-8-13(9-4-2)11(14)10-6-5-7-12-10/h1,10,12H,4-9H2,2H3/t10-/m0/s1. The SMILES string of the molecule is C#CCN(CCC)C(=O)[C@@H]1CCCN1. The van der Waals surface area contributed by atoms with Crippen LogP contribution in [0.15, 0.2) is 0 Å². The number of nitrogens with one attached hydrogen (secondary N) is 1. The van der Waals surface area contributed by atoms with Crippen LogP contribution in [0.4, 0.5) is 0 Å². The van der Waals surface area contributed by atoms with Crippen molar-refractivity contribution in [3.8, 4) is 12.3 Å². The Morgan fingerprint density at radius 1 is 1.71 bits per heavy atom. The number of rotatable bonds is 4. The van der Waals surface area contributed by atoms with Gasteiger partial charge in [-0.1, -0.05) is 12.8 Å². The average Bonchev–Trinajstić information content (AvgIpc) is 2.69. The fourth-order valence-corrected chi connectivity index (χ4v) is 1.76. The van der Waals surface area contributed by atoms with Crippen molar-refractivity contribution in [3.05, 3.63) is 0 Å². The van der Waals surface area contributed by atoms with E-state index in [1.807, 2.05) is 0 Å². The highest BCUT2D eigenvalue weighted by molar-refractivity contribution is 5.82. The zero-order chi connectivity index (χ0) is 10.4. The summed E-state index contributed by atoms with van der Waals surface area (Å²) in [5, 5.41) is 3.19. The third kappa shape index (κ3) is 2.74. The first-order valence-corrected chi connectivity index (χ1v) is 5.25. The van der Waals surface area contributed by atoms with E-state index in [2.05, 4.69) is 18.2 Å². The van der Waals surface area contributed by atoms with Crippen LogP contribution in [0.3, 0.4) is 0 Å². The molecule has 0 radical (unpaired) electrons. The van der Waals surface area contributed by atoms with Crippen molar-refractivity contribution in [2.75, 3.05) is 19.6 Å². The Kier molecular flexibility index (Phi) is 4.48. The molecule has 1 N–H and O–H groups in total. The van der Waals surface area contributed by atoms with Crippen molar-refractivity contribution in [1.82, 2.24) is 10.2 Å². The van der Waals surface area contributed by atoms with Crippen LogP contribution in [0.5, 0.6) is 0 Å². The van der Waals surface area contributed by atoms with Crippen LogP contribution >= 0.6 is 0 Å². The number of carbonyl (C=O) groups is 1. The lowest BCUT2D eigenvalue weighted by Crippen LogP contribution is -2.44. The summed E-state index contributed by atoms with van der Waals surface area (Å²) < 4.78 is 0. The van der Waals surface area contributed by atoms with E-state index in [-0.39, 0.29) is 11.9 Å². The van der Waals surface area contributed by atoms with Gasteiger partial charge >= 0.3 is 0 Å². The Bertz CT molecular complexity index is 226. The van der Waals surface area contributed by atoms with Crippen LogP contribution in [0.2, 0.25) is 0 Å². The molecular weight excluding hydrogens is 176 g/mol. The number of hydrogen-bond acceptors (Lipinski definition) is 2. The molecule has 78 valence electrons. The van der Waals surface area contributed by atoms with Gasteiger partial charge in [0.2, 0.25) is 5.91 Å². The van der Waals surface area contributed by atoms with Gasteiger partial charge in [0, 0.05) is 6.54 Å². The van der Waals surface area contributed by atoms with Crippen molar-refractivity contribution < 1.29 is 4.79 Å². The maximum absolute atomic E-state index is 11.9. The van der Waals surface area contributed by atoms with Crippen molar-refractivity contribution in [2.24, 2.45) is 0 Å². The van der Waals surface area contributed by atoms with Gasteiger partial charge in [0.25, 0.3) is 0 Å². The Labute approximate surface area is 85.9 Å². The first kappa shape index (κ1) is 11.1. The quantitative estimate of drug-likeness (QED) is 0.665. The van der Waals surface area contributed by atoms with E-state index in [0.717, 1.165) is 32.4 Å². The van der Waals surface area contributed by atoms with Crippen LogP contribution in [0.25, 0.3) is 0 Å². The Hall–Kier alpha value is -1.01. The van der Waals surface area contributed by atoms with Gasteiger partial charge in [-0.05, 0) is 25.8 Å². The zero-order valence-corrected chi connectivity index (χ0v) is 8.75. The molecule has 0 bridgehead atoms. The molecule has 0 aromatic heterocycles. The molecule has 14 heavy (non-hydrogen) atoms. The van der Waals surface area contributed by atoms with Gasteiger partial charge in [-0.25, -0.2) is 0 Å². The molecule has 0 aromatic rings. The third-order valence-corrected chi connectivity index (χ3v) is 2.45. The van der Waals surface area contributed by atoms with Crippen LogP contribution < -0.4 is 5.32 Å². The van der Waals surface area contributed by atoms with Crippen molar-refractivity contribution >= 4 is 5.91 Å². The lowest BCUT2D eigenvalue weighted by Gasteiger charge is -2.23. The highest BCUT2D eigenvalue weighted by Crippen LogP contribution is 2.08. The van der Waals surface area contributed by atoms with E-state index in [0.29, 0.717) is 6.54 Å². The summed E-state index contributed by atoms with van der Waals surface area (Å²) in [6.07, 6.45) is 8.23. The molecule has 0 unspecified atom stereocenters. The number of amides is 1. The molecule has 1 fully saturated rings. The van der Waals surface area contributed by atoms with Crippen molar-refractivity contribution in [3.63, 3.8) is 0 Å². The summed E-state index contributed by atoms with van der Waals surface area (Å²) in [5.74, 6) is 2.70. The number of hydrogen-bond donors (Lipinski definition) is 1. The summed E-state index contributed by atoms with van der Waals surface area (Å²) in [7, 11) is 0. The predicted molar refractivity (Wildman–Crippen MR) is 56.7 cm³/mol. The van der Waals surface area contributed by atoms with E-state index in [9.17, 15) is 4.79 Å². The summed E-state index contributed by atoms with van der Waals surface area (Å²) in [6.45, 7) is 4.21. The Morgan fingerprint density at radius 2 is 2.50 bits per heavy atom. The van der Waals surface area contributed by atoms with Crippen LogP contribution in [0, 0.1) is 12.3 Å². The normalized spacial score (nSPS) is 20.4. The zero-order valence-electron chi connectivity index (χ0n) is 8.75. The highest BCUT2D eigenvalue weighted by atomic mass is 16.2. The van der Waals surface area contributed by atoms with Gasteiger partial charge in [-0.2, -0.15) is 0 Å². The van der Waals surface area contributed by atoms with Gasteiger partial charge in [-0.15, -0.1) is 6.42 Å². The molecule has 0 aliphatic carbocycles.